The van der Waals surface area contributed by atoms with Crippen molar-refractivity contribution in [1.82, 2.24) is 4.90 Å². The Labute approximate surface area is 232 Å². The van der Waals surface area contributed by atoms with Crippen LogP contribution in [0, 0.1) is 17.8 Å². The first-order valence-corrected chi connectivity index (χ1v) is 14.1. The van der Waals surface area contributed by atoms with Gasteiger partial charge in [-0.25, -0.2) is 0 Å². The first-order valence-electron chi connectivity index (χ1n) is 12.8. The number of fused-ring (bicyclic) bond motifs is 1. The lowest BCUT2D eigenvalue weighted by Gasteiger charge is -2.36. The van der Waals surface area contributed by atoms with E-state index < -0.39 is 23.9 Å². The highest BCUT2D eigenvalue weighted by Crippen LogP contribution is 2.46. The number of hydrogen-bond donors (Lipinski definition) is 3. The van der Waals surface area contributed by atoms with Gasteiger partial charge < -0.3 is 20.1 Å². The lowest BCUT2D eigenvalue weighted by molar-refractivity contribution is -0.140. The summed E-state index contributed by atoms with van der Waals surface area (Å²) in [6.07, 6.45) is 3.08. The molecule has 9 heteroatoms. The monoisotopic (exact) mass is 559 g/mol. The normalized spacial score (nSPS) is 22.8. The molecule has 1 aliphatic carbocycles. The number of thiophene rings is 1. The van der Waals surface area contributed by atoms with Crippen LogP contribution >= 0.6 is 22.9 Å². The number of carbonyl (C=O) groups is 2. The van der Waals surface area contributed by atoms with Gasteiger partial charge in [-0.15, -0.1) is 11.3 Å². The van der Waals surface area contributed by atoms with Gasteiger partial charge in [0.25, 0.3) is 0 Å². The predicted molar refractivity (Wildman–Crippen MR) is 148 cm³/mol. The van der Waals surface area contributed by atoms with Gasteiger partial charge in [0, 0.05) is 17.9 Å². The Morgan fingerprint density at radius 3 is 2.71 bits per heavy atom. The van der Waals surface area contributed by atoms with Gasteiger partial charge in [-0.1, -0.05) is 36.2 Å². The van der Waals surface area contributed by atoms with Crippen LogP contribution in [0.4, 0.5) is 0 Å². The first-order chi connectivity index (χ1) is 18.3. The molecule has 1 aromatic carbocycles. The van der Waals surface area contributed by atoms with Crippen molar-refractivity contribution in [3.05, 3.63) is 67.9 Å². The summed E-state index contributed by atoms with van der Waals surface area (Å²) in [7, 11) is 1.56. The molecule has 0 radical (unpaired) electrons. The molecule has 1 fully saturated rings. The van der Waals surface area contributed by atoms with Crippen molar-refractivity contribution in [3.8, 4) is 5.75 Å². The highest BCUT2D eigenvalue weighted by molar-refractivity contribution is 7.09. The molecule has 2 heterocycles. The molecule has 4 rings (SSSR count). The van der Waals surface area contributed by atoms with E-state index in [1.54, 1.807) is 19.2 Å². The highest BCUT2D eigenvalue weighted by Gasteiger charge is 2.54. The number of aliphatic hydroxyl groups excluding tert-OH is 2. The summed E-state index contributed by atoms with van der Waals surface area (Å²) in [5.41, 5.74) is 3.25. The zero-order valence-corrected chi connectivity index (χ0v) is 23.2. The Hall–Kier alpha value is -2.49. The third-order valence-corrected chi connectivity index (χ3v) is 8.77. The number of hydrogen-bond acceptors (Lipinski definition) is 7. The topological polar surface area (TPSA) is 107 Å². The second-order valence-corrected chi connectivity index (χ2v) is 11.3. The van der Waals surface area contributed by atoms with Crippen molar-refractivity contribution in [3.63, 3.8) is 0 Å². The van der Waals surface area contributed by atoms with Crippen molar-refractivity contribution in [1.29, 1.82) is 0 Å². The maximum Gasteiger partial charge on any atom is 0.234 e. The molecule has 38 heavy (non-hydrogen) atoms. The number of phenolic OH excluding ortho intramolecular Hbond substituents is 1. The van der Waals surface area contributed by atoms with E-state index in [1.807, 2.05) is 30.5 Å². The molecule has 0 spiro atoms. The molecule has 0 saturated carbocycles. The average Bonchev–Trinajstić information content (AvgIpc) is 3.50. The maximum atomic E-state index is 13.5. The summed E-state index contributed by atoms with van der Waals surface area (Å²) in [5.74, 6) is -2.34. The van der Waals surface area contributed by atoms with Gasteiger partial charge >= 0.3 is 0 Å². The van der Waals surface area contributed by atoms with E-state index in [0.29, 0.717) is 29.9 Å². The molecule has 0 unspecified atom stereocenters. The Kier molecular flexibility index (Phi) is 9.44. The number of ether oxygens (including phenoxy) is 1. The van der Waals surface area contributed by atoms with Gasteiger partial charge in [0.2, 0.25) is 11.8 Å². The van der Waals surface area contributed by atoms with Gasteiger partial charge in [0.05, 0.1) is 42.7 Å². The van der Waals surface area contributed by atoms with Crippen LogP contribution < -0.4 is 0 Å². The van der Waals surface area contributed by atoms with Gasteiger partial charge in [0.1, 0.15) is 5.75 Å². The molecular weight excluding hydrogens is 526 g/mol. The van der Waals surface area contributed by atoms with Gasteiger partial charge in [-0.3, -0.25) is 14.5 Å². The molecule has 2 amide bonds. The van der Waals surface area contributed by atoms with Crippen molar-refractivity contribution < 1.29 is 29.6 Å². The van der Waals surface area contributed by atoms with E-state index in [2.05, 4.69) is 0 Å². The van der Waals surface area contributed by atoms with Crippen LogP contribution in [0.25, 0.3) is 6.08 Å². The first kappa shape index (κ1) is 28.5. The number of phenols is 1. The van der Waals surface area contributed by atoms with Crippen LogP contribution in [0.5, 0.6) is 5.75 Å². The predicted octanol–water partition coefficient (Wildman–Crippen LogP) is 4.80. The maximum absolute atomic E-state index is 13.5. The molecule has 1 saturated heterocycles. The van der Waals surface area contributed by atoms with Crippen LogP contribution in [0.3, 0.4) is 0 Å². The third-order valence-electron chi connectivity index (χ3n) is 7.58. The average molecular weight is 560 g/mol. The SMILES string of the molecule is CC/C(=C\c1ccc(O)cc1Cl)CC[C@@H](O)C1=C(COC)C[C@H]2C(=O)N(Cc3cccs3)C(=O)[C@H]2[C@H]1CO. The number of imide groups is 1. The molecule has 204 valence electrons. The molecule has 7 nitrogen and oxygen atoms in total. The molecule has 1 aromatic heterocycles. The van der Waals surface area contributed by atoms with Crippen molar-refractivity contribution in [2.45, 2.75) is 45.3 Å². The van der Waals surface area contributed by atoms with Crippen LogP contribution in [0.15, 0.2) is 52.4 Å². The Morgan fingerprint density at radius 2 is 2.08 bits per heavy atom. The Balaban J connectivity index is 1.56. The lowest BCUT2D eigenvalue weighted by Crippen LogP contribution is -2.39. The fraction of sp³-hybridized carbons (Fsp3) is 0.448. The largest absolute Gasteiger partial charge is 0.508 e. The number of carbonyl (C=O) groups excluding carboxylic acids is 2. The van der Waals surface area contributed by atoms with Crippen molar-refractivity contribution in [2.24, 2.45) is 17.8 Å². The number of allylic oxidation sites excluding steroid dienone is 1. The molecule has 2 aliphatic rings. The van der Waals surface area contributed by atoms with Crippen molar-refractivity contribution >= 4 is 40.8 Å². The fourth-order valence-electron chi connectivity index (χ4n) is 5.73. The van der Waals surface area contributed by atoms with E-state index in [1.165, 1.54) is 22.3 Å². The molecule has 4 atom stereocenters. The molecule has 1 aliphatic heterocycles. The van der Waals surface area contributed by atoms with Gasteiger partial charge in [0.15, 0.2) is 0 Å². The van der Waals surface area contributed by atoms with E-state index in [4.69, 9.17) is 16.3 Å². The number of aromatic hydroxyl groups is 1. The van der Waals surface area contributed by atoms with Crippen molar-refractivity contribution in [2.75, 3.05) is 20.3 Å². The number of likely N-dealkylation sites (tertiary alicyclic amines) is 1. The minimum atomic E-state index is -0.905. The Bertz CT molecular complexity index is 1220. The number of rotatable bonds is 11. The number of nitrogens with zero attached hydrogens (tertiary/aromatic N) is 1. The number of amides is 2. The van der Waals surface area contributed by atoms with E-state index in [9.17, 15) is 24.9 Å². The quantitative estimate of drug-likeness (QED) is 0.270. The minimum Gasteiger partial charge on any atom is -0.508 e. The minimum absolute atomic E-state index is 0.0952. The highest BCUT2D eigenvalue weighted by atomic mass is 35.5. The second kappa shape index (κ2) is 12.6. The van der Waals surface area contributed by atoms with E-state index >= 15 is 0 Å². The summed E-state index contributed by atoms with van der Waals surface area (Å²) in [6.45, 7) is 2.13. The smallest absolute Gasteiger partial charge is 0.234 e. The zero-order chi connectivity index (χ0) is 27.4. The summed E-state index contributed by atoms with van der Waals surface area (Å²) in [5, 5.41) is 33.8. The summed E-state index contributed by atoms with van der Waals surface area (Å²) in [6, 6.07) is 8.59. The van der Waals surface area contributed by atoms with Gasteiger partial charge in [-0.2, -0.15) is 0 Å². The zero-order valence-electron chi connectivity index (χ0n) is 21.6. The lowest BCUT2D eigenvalue weighted by atomic mass is 9.68. The van der Waals surface area contributed by atoms with Crippen LogP contribution in [-0.4, -0.2) is 58.5 Å². The Morgan fingerprint density at radius 1 is 1.29 bits per heavy atom. The summed E-state index contributed by atoms with van der Waals surface area (Å²) in [4.78, 5) is 29.0. The third kappa shape index (κ3) is 5.90. The van der Waals surface area contributed by atoms with Crippen LogP contribution in [-0.2, 0) is 20.9 Å². The van der Waals surface area contributed by atoms with Crippen LogP contribution in [0.2, 0.25) is 5.02 Å². The number of methoxy groups -OCH3 is 1. The standard InChI is InChI=1S/C29H34ClNO6S/c1-3-17(11-18-7-8-20(33)13-24(18)30)6-9-25(34)26-19(16-37-2)12-22-27(23(26)15-32)29(36)31(28(22)35)14-21-5-4-10-38-21/h4-5,7-8,10-11,13,22-23,25,27,32-34H,3,6,9,12,14-16H2,1-2H3/b17-11+/t22-,23+,25-,27-/m1/s1. The molecular formula is C29H34ClNO6S. The molecule has 0 bridgehead atoms. The molecule has 3 N–H and O–H groups in total. The fourth-order valence-corrected chi connectivity index (χ4v) is 6.65. The summed E-state index contributed by atoms with van der Waals surface area (Å²) < 4.78 is 5.42. The van der Waals surface area contributed by atoms with Gasteiger partial charge in [-0.05, 0) is 72.0 Å². The van der Waals surface area contributed by atoms with E-state index in [-0.39, 0.29) is 37.3 Å². The number of halogens is 1. The number of benzene rings is 1. The summed E-state index contributed by atoms with van der Waals surface area (Å²) >= 11 is 7.76. The second-order valence-electron chi connectivity index (χ2n) is 9.88. The molecule has 2 aromatic rings. The van der Waals surface area contributed by atoms with E-state index in [0.717, 1.165) is 28.0 Å². The number of aliphatic hydroxyl groups is 2. The van der Waals surface area contributed by atoms with Crippen LogP contribution in [0.1, 0.15) is 43.0 Å².